The number of benzene rings is 1. The van der Waals surface area contributed by atoms with Crippen molar-refractivity contribution in [2.24, 2.45) is 11.7 Å². The molecule has 1 aromatic rings. The number of likely N-dealkylation sites (tertiary alicyclic amines) is 1. The third kappa shape index (κ3) is 4.19. The van der Waals surface area contributed by atoms with Gasteiger partial charge in [0.15, 0.2) is 0 Å². The SMILES string of the molecule is COc1cccc(COC(C)C(=O)N2CCC(CN)C2)c1. The third-order valence-corrected chi connectivity index (χ3v) is 3.91. The van der Waals surface area contributed by atoms with E-state index in [2.05, 4.69) is 0 Å². The molecular weight excluding hydrogens is 268 g/mol. The van der Waals surface area contributed by atoms with E-state index >= 15 is 0 Å². The molecule has 5 nitrogen and oxygen atoms in total. The van der Waals surface area contributed by atoms with Crippen LogP contribution in [0.1, 0.15) is 18.9 Å². The lowest BCUT2D eigenvalue weighted by Gasteiger charge is -2.21. The van der Waals surface area contributed by atoms with Crippen LogP contribution in [-0.4, -0.2) is 43.7 Å². The Labute approximate surface area is 126 Å². The second-order valence-electron chi connectivity index (χ2n) is 5.48. The summed E-state index contributed by atoms with van der Waals surface area (Å²) in [5, 5.41) is 0. The summed E-state index contributed by atoms with van der Waals surface area (Å²) in [5.74, 6) is 1.27. The third-order valence-electron chi connectivity index (χ3n) is 3.91. The lowest BCUT2D eigenvalue weighted by atomic mass is 10.1. The van der Waals surface area contributed by atoms with Crippen LogP contribution in [0.3, 0.4) is 0 Å². The van der Waals surface area contributed by atoms with Crippen LogP contribution in [0, 0.1) is 5.92 Å². The van der Waals surface area contributed by atoms with Crippen molar-refractivity contribution in [1.82, 2.24) is 4.90 Å². The van der Waals surface area contributed by atoms with Gasteiger partial charge in [-0.15, -0.1) is 0 Å². The van der Waals surface area contributed by atoms with E-state index in [1.165, 1.54) is 0 Å². The van der Waals surface area contributed by atoms with Crippen LogP contribution in [-0.2, 0) is 16.1 Å². The van der Waals surface area contributed by atoms with Gasteiger partial charge in [0.1, 0.15) is 11.9 Å². The minimum absolute atomic E-state index is 0.0499. The fourth-order valence-corrected chi connectivity index (χ4v) is 2.54. The zero-order chi connectivity index (χ0) is 15.2. The highest BCUT2D eigenvalue weighted by molar-refractivity contribution is 5.80. The maximum atomic E-state index is 12.3. The van der Waals surface area contributed by atoms with Gasteiger partial charge in [0.25, 0.3) is 5.91 Å². The normalized spacial score (nSPS) is 19.6. The van der Waals surface area contributed by atoms with Crippen molar-refractivity contribution in [3.63, 3.8) is 0 Å². The highest BCUT2D eigenvalue weighted by atomic mass is 16.5. The maximum absolute atomic E-state index is 12.3. The average molecular weight is 292 g/mol. The van der Waals surface area contributed by atoms with Crippen molar-refractivity contribution >= 4 is 5.91 Å². The van der Waals surface area contributed by atoms with Gasteiger partial charge in [-0.05, 0) is 43.5 Å². The van der Waals surface area contributed by atoms with Crippen molar-refractivity contribution in [2.45, 2.75) is 26.1 Å². The van der Waals surface area contributed by atoms with E-state index < -0.39 is 6.10 Å². The summed E-state index contributed by atoms with van der Waals surface area (Å²) in [7, 11) is 1.63. The van der Waals surface area contributed by atoms with Gasteiger partial charge in [0, 0.05) is 13.1 Å². The molecule has 0 saturated carbocycles. The molecule has 2 N–H and O–H groups in total. The summed E-state index contributed by atoms with van der Waals surface area (Å²) in [5.41, 5.74) is 6.65. The summed E-state index contributed by atoms with van der Waals surface area (Å²) in [6.45, 7) is 4.38. The number of methoxy groups -OCH3 is 1. The standard InChI is InChI=1S/C16H24N2O3/c1-12(16(19)18-7-6-14(9-17)10-18)21-11-13-4-3-5-15(8-13)20-2/h3-5,8,12,14H,6-7,9-11,17H2,1-2H3. The van der Waals surface area contributed by atoms with Gasteiger partial charge in [-0.1, -0.05) is 12.1 Å². The number of rotatable bonds is 6. The predicted molar refractivity (Wildman–Crippen MR) is 81.0 cm³/mol. The Kier molecular flexibility index (Phi) is 5.59. The highest BCUT2D eigenvalue weighted by Crippen LogP contribution is 2.18. The van der Waals surface area contributed by atoms with Crippen molar-refractivity contribution in [3.05, 3.63) is 29.8 Å². The second-order valence-corrected chi connectivity index (χ2v) is 5.48. The largest absolute Gasteiger partial charge is 0.497 e. The average Bonchev–Trinajstić information content (AvgIpc) is 3.01. The zero-order valence-electron chi connectivity index (χ0n) is 12.7. The van der Waals surface area contributed by atoms with Crippen LogP contribution in [0.15, 0.2) is 24.3 Å². The Balaban J connectivity index is 1.83. The number of nitrogens with two attached hydrogens (primary N) is 1. The van der Waals surface area contributed by atoms with Gasteiger partial charge < -0.3 is 20.1 Å². The fourth-order valence-electron chi connectivity index (χ4n) is 2.54. The van der Waals surface area contributed by atoms with Crippen LogP contribution in [0.2, 0.25) is 0 Å². The molecule has 0 radical (unpaired) electrons. The predicted octanol–water partition coefficient (Wildman–Crippen LogP) is 1.41. The Morgan fingerprint density at radius 2 is 2.33 bits per heavy atom. The molecule has 0 aliphatic carbocycles. The quantitative estimate of drug-likeness (QED) is 0.861. The molecule has 1 aliphatic heterocycles. The topological polar surface area (TPSA) is 64.8 Å². The molecule has 1 saturated heterocycles. The fraction of sp³-hybridized carbons (Fsp3) is 0.562. The maximum Gasteiger partial charge on any atom is 0.251 e. The van der Waals surface area contributed by atoms with E-state index in [0.29, 0.717) is 19.1 Å². The number of nitrogens with zero attached hydrogens (tertiary/aromatic N) is 1. The lowest BCUT2D eigenvalue weighted by molar-refractivity contribution is -0.142. The number of amides is 1. The van der Waals surface area contributed by atoms with E-state index in [-0.39, 0.29) is 5.91 Å². The van der Waals surface area contributed by atoms with Crippen LogP contribution >= 0.6 is 0 Å². The Bertz CT molecular complexity index is 478. The van der Waals surface area contributed by atoms with Gasteiger partial charge >= 0.3 is 0 Å². The van der Waals surface area contributed by atoms with E-state index in [4.69, 9.17) is 15.2 Å². The molecule has 0 spiro atoms. The molecule has 1 aromatic carbocycles. The molecule has 5 heteroatoms. The summed E-state index contributed by atoms with van der Waals surface area (Å²) in [6.07, 6.45) is 0.554. The van der Waals surface area contributed by atoms with Gasteiger partial charge in [-0.3, -0.25) is 4.79 Å². The van der Waals surface area contributed by atoms with E-state index in [0.717, 1.165) is 30.8 Å². The minimum atomic E-state index is -0.437. The van der Waals surface area contributed by atoms with Gasteiger partial charge in [0.05, 0.1) is 13.7 Å². The number of hydrogen-bond acceptors (Lipinski definition) is 4. The van der Waals surface area contributed by atoms with E-state index in [1.54, 1.807) is 14.0 Å². The summed E-state index contributed by atoms with van der Waals surface area (Å²) in [6, 6.07) is 7.67. The lowest BCUT2D eigenvalue weighted by Crippen LogP contribution is -2.38. The molecule has 2 atom stereocenters. The smallest absolute Gasteiger partial charge is 0.251 e. The summed E-state index contributed by atoms with van der Waals surface area (Å²) >= 11 is 0. The van der Waals surface area contributed by atoms with Crippen LogP contribution in [0.25, 0.3) is 0 Å². The first kappa shape index (κ1) is 15.8. The summed E-state index contributed by atoms with van der Waals surface area (Å²) < 4.78 is 10.9. The Morgan fingerprint density at radius 3 is 3.00 bits per heavy atom. The molecule has 21 heavy (non-hydrogen) atoms. The number of hydrogen-bond donors (Lipinski definition) is 1. The monoisotopic (exact) mass is 292 g/mol. The molecule has 1 heterocycles. The molecule has 2 unspecified atom stereocenters. The van der Waals surface area contributed by atoms with E-state index in [9.17, 15) is 4.79 Å². The molecule has 0 bridgehead atoms. The number of ether oxygens (including phenoxy) is 2. The van der Waals surface area contributed by atoms with Crippen molar-refractivity contribution in [2.75, 3.05) is 26.7 Å². The zero-order valence-corrected chi connectivity index (χ0v) is 12.7. The molecule has 1 aliphatic rings. The second kappa shape index (κ2) is 7.43. The summed E-state index contributed by atoms with van der Waals surface area (Å²) in [4.78, 5) is 14.1. The van der Waals surface area contributed by atoms with Gasteiger partial charge in [-0.2, -0.15) is 0 Å². The first-order valence-electron chi connectivity index (χ1n) is 7.37. The van der Waals surface area contributed by atoms with Crippen molar-refractivity contribution in [3.8, 4) is 5.75 Å². The first-order valence-corrected chi connectivity index (χ1v) is 7.37. The first-order chi connectivity index (χ1) is 10.1. The molecule has 0 aromatic heterocycles. The molecule has 1 amide bonds. The Morgan fingerprint density at radius 1 is 1.52 bits per heavy atom. The van der Waals surface area contributed by atoms with Gasteiger partial charge in [0.2, 0.25) is 0 Å². The molecule has 2 rings (SSSR count). The Hall–Kier alpha value is -1.59. The number of carbonyl (C=O) groups is 1. The van der Waals surface area contributed by atoms with Crippen LogP contribution in [0.5, 0.6) is 5.75 Å². The van der Waals surface area contributed by atoms with Crippen LogP contribution < -0.4 is 10.5 Å². The molecular formula is C16H24N2O3. The number of carbonyl (C=O) groups excluding carboxylic acids is 1. The molecule has 116 valence electrons. The molecule has 1 fully saturated rings. The van der Waals surface area contributed by atoms with Crippen LogP contribution in [0.4, 0.5) is 0 Å². The van der Waals surface area contributed by atoms with E-state index in [1.807, 2.05) is 29.2 Å². The van der Waals surface area contributed by atoms with Crippen molar-refractivity contribution in [1.29, 1.82) is 0 Å². The highest BCUT2D eigenvalue weighted by Gasteiger charge is 2.28. The minimum Gasteiger partial charge on any atom is -0.497 e. The van der Waals surface area contributed by atoms with Crippen molar-refractivity contribution < 1.29 is 14.3 Å². The van der Waals surface area contributed by atoms with Gasteiger partial charge in [-0.25, -0.2) is 0 Å².